The number of benzene rings is 1. The monoisotopic (exact) mass is 263 g/mol. The van der Waals surface area contributed by atoms with Gasteiger partial charge in [-0.25, -0.2) is 0 Å². The molecule has 0 saturated heterocycles. The third kappa shape index (κ3) is 4.39. The summed E-state index contributed by atoms with van der Waals surface area (Å²) in [7, 11) is 0. The van der Waals surface area contributed by atoms with Gasteiger partial charge in [0.1, 0.15) is 6.54 Å². The van der Waals surface area contributed by atoms with Crippen molar-refractivity contribution < 1.29 is 14.7 Å². The molecule has 0 unspecified atom stereocenters. The summed E-state index contributed by atoms with van der Waals surface area (Å²) >= 11 is 0. The number of rotatable bonds is 5. The third-order valence-electron chi connectivity index (χ3n) is 2.95. The fraction of sp³-hybridized carbons (Fsp3) is 0.467. The van der Waals surface area contributed by atoms with E-state index < -0.39 is 5.97 Å². The summed E-state index contributed by atoms with van der Waals surface area (Å²) in [5.74, 6) is -0.980. The van der Waals surface area contributed by atoms with Crippen LogP contribution < -0.4 is 0 Å². The van der Waals surface area contributed by atoms with E-state index in [1.807, 2.05) is 39.8 Å². The molecule has 0 aromatic heterocycles. The smallest absolute Gasteiger partial charge is 0.323 e. The second-order valence-electron chi connectivity index (χ2n) is 5.27. The number of carbonyl (C=O) groups is 2. The Morgan fingerprint density at radius 3 is 2.32 bits per heavy atom. The third-order valence-corrected chi connectivity index (χ3v) is 2.95. The van der Waals surface area contributed by atoms with Gasteiger partial charge in [0.15, 0.2) is 0 Å². The summed E-state index contributed by atoms with van der Waals surface area (Å²) in [6, 6.07) is 5.45. The standard InChI is InChI=1S/C15H21NO3/c1-10(2)8-16(9-14(17)18)15(19)13-6-5-11(3)12(4)7-13/h5-7,10H,8-9H2,1-4H3,(H,17,18). The largest absolute Gasteiger partial charge is 0.480 e. The van der Waals surface area contributed by atoms with Gasteiger partial charge in [0.25, 0.3) is 5.91 Å². The van der Waals surface area contributed by atoms with E-state index in [0.29, 0.717) is 12.1 Å². The van der Waals surface area contributed by atoms with Crippen LogP contribution in [-0.4, -0.2) is 35.0 Å². The first-order valence-electron chi connectivity index (χ1n) is 6.39. The molecule has 0 spiro atoms. The van der Waals surface area contributed by atoms with E-state index >= 15 is 0 Å². The summed E-state index contributed by atoms with van der Waals surface area (Å²) in [4.78, 5) is 24.6. The van der Waals surface area contributed by atoms with Gasteiger partial charge in [-0.15, -0.1) is 0 Å². The molecule has 1 rings (SSSR count). The van der Waals surface area contributed by atoms with Gasteiger partial charge in [-0.05, 0) is 43.0 Å². The van der Waals surface area contributed by atoms with Gasteiger partial charge in [-0.3, -0.25) is 9.59 Å². The fourth-order valence-electron chi connectivity index (χ4n) is 1.88. The average molecular weight is 263 g/mol. The molecule has 0 atom stereocenters. The Labute approximate surface area is 114 Å². The van der Waals surface area contributed by atoms with Crippen LogP contribution in [0.15, 0.2) is 18.2 Å². The molecule has 104 valence electrons. The molecule has 0 saturated carbocycles. The minimum absolute atomic E-state index is 0.223. The average Bonchev–Trinajstić information content (AvgIpc) is 2.29. The maximum Gasteiger partial charge on any atom is 0.323 e. The van der Waals surface area contributed by atoms with Crippen LogP contribution in [0.4, 0.5) is 0 Å². The van der Waals surface area contributed by atoms with Crippen LogP contribution in [0.3, 0.4) is 0 Å². The van der Waals surface area contributed by atoms with E-state index in [-0.39, 0.29) is 18.4 Å². The molecule has 1 N–H and O–H groups in total. The quantitative estimate of drug-likeness (QED) is 0.888. The summed E-state index contributed by atoms with van der Waals surface area (Å²) in [5.41, 5.74) is 2.70. The van der Waals surface area contributed by atoms with Gasteiger partial charge in [0, 0.05) is 12.1 Å². The summed E-state index contributed by atoms with van der Waals surface area (Å²) in [6.45, 7) is 8.02. The molecule has 0 radical (unpaired) electrons. The van der Waals surface area contributed by atoms with Gasteiger partial charge >= 0.3 is 5.97 Å². The van der Waals surface area contributed by atoms with Gasteiger partial charge in [-0.2, -0.15) is 0 Å². The molecule has 1 aromatic carbocycles. The number of nitrogens with zero attached hydrogens (tertiary/aromatic N) is 1. The second kappa shape index (κ2) is 6.36. The lowest BCUT2D eigenvalue weighted by molar-refractivity contribution is -0.137. The molecular weight excluding hydrogens is 242 g/mol. The number of hydrogen-bond acceptors (Lipinski definition) is 2. The highest BCUT2D eigenvalue weighted by Crippen LogP contribution is 2.13. The van der Waals surface area contributed by atoms with Crippen molar-refractivity contribution in [2.24, 2.45) is 5.92 Å². The van der Waals surface area contributed by atoms with E-state index in [9.17, 15) is 9.59 Å². The van der Waals surface area contributed by atoms with Crippen LogP contribution in [0.25, 0.3) is 0 Å². The van der Waals surface area contributed by atoms with E-state index in [1.165, 1.54) is 4.90 Å². The Morgan fingerprint density at radius 1 is 1.21 bits per heavy atom. The lowest BCUT2D eigenvalue weighted by Gasteiger charge is -2.23. The highest BCUT2D eigenvalue weighted by molar-refractivity contribution is 5.96. The number of carbonyl (C=O) groups excluding carboxylic acids is 1. The molecule has 0 bridgehead atoms. The number of aliphatic carboxylic acids is 1. The maximum absolute atomic E-state index is 12.3. The Bertz CT molecular complexity index is 480. The Balaban J connectivity index is 2.97. The zero-order chi connectivity index (χ0) is 14.6. The van der Waals surface area contributed by atoms with E-state index in [4.69, 9.17) is 5.11 Å². The van der Waals surface area contributed by atoms with Crippen molar-refractivity contribution in [1.29, 1.82) is 0 Å². The van der Waals surface area contributed by atoms with Gasteiger partial charge < -0.3 is 10.0 Å². The minimum atomic E-state index is -0.988. The van der Waals surface area contributed by atoms with Crippen LogP contribution in [0.5, 0.6) is 0 Å². The first-order valence-corrected chi connectivity index (χ1v) is 6.39. The lowest BCUT2D eigenvalue weighted by atomic mass is 10.0. The molecule has 0 aliphatic heterocycles. The van der Waals surface area contributed by atoms with E-state index in [2.05, 4.69) is 0 Å². The van der Waals surface area contributed by atoms with Crippen LogP contribution >= 0.6 is 0 Å². The van der Waals surface area contributed by atoms with Crippen molar-refractivity contribution in [3.8, 4) is 0 Å². The molecule has 4 nitrogen and oxygen atoms in total. The maximum atomic E-state index is 12.3. The van der Waals surface area contributed by atoms with Gasteiger partial charge in [0.2, 0.25) is 0 Å². The fourth-order valence-corrected chi connectivity index (χ4v) is 1.88. The summed E-state index contributed by atoms with van der Waals surface area (Å²) < 4.78 is 0. The van der Waals surface area contributed by atoms with Crippen molar-refractivity contribution in [3.63, 3.8) is 0 Å². The van der Waals surface area contributed by atoms with Crippen molar-refractivity contribution in [3.05, 3.63) is 34.9 Å². The summed E-state index contributed by atoms with van der Waals surface area (Å²) in [6.07, 6.45) is 0. The lowest BCUT2D eigenvalue weighted by Crippen LogP contribution is -2.38. The van der Waals surface area contributed by atoms with Gasteiger partial charge in [0.05, 0.1) is 0 Å². The topological polar surface area (TPSA) is 57.6 Å². The first kappa shape index (κ1) is 15.2. The molecule has 0 heterocycles. The SMILES string of the molecule is Cc1ccc(C(=O)N(CC(=O)O)CC(C)C)cc1C. The van der Waals surface area contributed by atoms with Crippen LogP contribution in [-0.2, 0) is 4.79 Å². The predicted molar refractivity (Wildman–Crippen MR) is 74.3 cm³/mol. The highest BCUT2D eigenvalue weighted by Gasteiger charge is 2.19. The van der Waals surface area contributed by atoms with Crippen molar-refractivity contribution in [1.82, 2.24) is 4.90 Å². The number of hydrogen-bond donors (Lipinski definition) is 1. The van der Waals surface area contributed by atoms with Crippen molar-refractivity contribution >= 4 is 11.9 Å². The zero-order valence-corrected chi connectivity index (χ0v) is 11.9. The highest BCUT2D eigenvalue weighted by atomic mass is 16.4. The molecule has 0 aliphatic rings. The molecule has 1 amide bonds. The Hall–Kier alpha value is -1.84. The van der Waals surface area contributed by atoms with Crippen LogP contribution in [0.1, 0.15) is 35.3 Å². The number of carboxylic acid groups (broad SMARTS) is 1. The van der Waals surface area contributed by atoms with Crippen LogP contribution in [0.2, 0.25) is 0 Å². The zero-order valence-electron chi connectivity index (χ0n) is 11.9. The molecule has 19 heavy (non-hydrogen) atoms. The Morgan fingerprint density at radius 2 is 1.84 bits per heavy atom. The van der Waals surface area contributed by atoms with Crippen molar-refractivity contribution in [2.45, 2.75) is 27.7 Å². The van der Waals surface area contributed by atoms with E-state index in [1.54, 1.807) is 6.07 Å². The summed E-state index contributed by atoms with van der Waals surface area (Å²) in [5, 5.41) is 8.90. The molecule has 4 heteroatoms. The Kier molecular flexibility index (Phi) is 5.10. The number of carboxylic acids is 1. The molecule has 0 fully saturated rings. The number of aryl methyl sites for hydroxylation is 2. The predicted octanol–water partition coefficient (Wildman–Crippen LogP) is 2.49. The second-order valence-corrected chi connectivity index (χ2v) is 5.27. The minimum Gasteiger partial charge on any atom is -0.480 e. The normalized spacial score (nSPS) is 10.6. The van der Waals surface area contributed by atoms with Crippen molar-refractivity contribution in [2.75, 3.05) is 13.1 Å². The van der Waals surface area contributed by atoms with E-state index in [0.717, 1.165) is 11.1 Å². The van der Waals surface area contributed by atoms with Crippen LogP contribution in [0, 0.1) is 19.8 Å². The number of amides is 1. The molecule has 0 aliphatic carbocycles. The first-order chi connectivity index (χ1) is 8.81. The molecule has 1 aromatic rings. The van der Waals surface area contributed by atoms with Gasteiger partial charge in [-0.1, -0.05) is 19.9 Å². The molecular formula is C15H21NO3.